The summed E-state index contributed by atoms with van der Waals surface area (Å²) < 4.78 is 10.9. The first-order valence-corrected chi connectivity index (χ1v) is 11.6. The van der Waals surface area contributed by atoms with Gasteiger partial charge in [0.2, 0.25) is 0 Å². The molecule has 0 spiro atoms. The van der Waals surface area contributed by atoms with Crippen LogP contribution in [0.25, 0.3) is 0 Å². The van der Waals surface area contributed by atoms with Crippen molar-refractivity contribution in [1.82, 2.24) is 15.5 Å². The molecule has 0 radical (unpaired) electrons. The molecule has 2 fully saturated rings. The summed E-state index contributed by atoms with van der Waals surface area (Å²) in [6.07, 6.45) is 6.34. The maximum atomic E-state index is 5.49. The topological polar surface area (TPSA) is 58.1 Å². The van der Waals surface area contributed by atoms with Crippen LogP contribution in [0, 0.1) is 5.41 Å². The van der Waals surface area contributed by atoms with Crippen molar-refractivity contribution in [2.24, 2.45) is 10.4 Å². The summed E-state index contributed by atoms with van der Waals surface area (Å²) >= 11 is 0. The highest BCUT2D eigenvalue weighted by Gasteiger charge is 2.33. The number of methoxy groups -OCH3 is 1. The molecule has 168 valence electrons. The number of benzene rings is 1. The van der Waals surface area contributed by atoms with E-state index in [-0.39, 0.29) is 0 Å². The molecule has 0 aromatic heterocycles. The van der Waals surface area contributed by atoms with Crippen molar-refractivity contribution in [3.05, 3.63) is 35.4 Å². The van der Waals surface area contributed by atoms with Gasteiger partial charge >= 0.3 is 0 Å². The Hall–Kier alpha value is -1.63. The number of nitrogens with one attached hydrogen (secondary N) is 2. The van der Waals surface area contributed by atoms with Crippen molar-refractivity contribution < 1.29 is 9.47 Å². The molecular weight excluding hydrogens is 376 g/mol. The molecule has 0 bridgehead atoms. The lowest BCUT2D eigenvalue weighted by Gasteiger charge is -2.30. The maximum Gasteiger partial charge on any atom is 0.191 e. The van der Waals surface area contributed by atoms with Crippen molar-refractivity contribution >= 4 is 5.96 Å². The quantitative estimate of drug-likeness (QED) is 0.453. The Kier molecular flexibility index (Phi) is 9.43. The Balaban J connectivity index is 1.61. The van der Waals surface area contributed by atoms with E-state index in [1.807, 2.05) is 0 Å². The first kappa shape index (κ1) is 23.0. The van der Waals surface area contributed by atoms with Crippen LogP contribution in [0.3, 0.4) is 0 Å². The zero-order chi connectivity index (χ0) is 21.1. The van der Waals surface area contributed by atoms with Gasteiger partial charge in [-0.1, -0.05) is 37.1 Å². The second-order valence-electron chi connectivity index (χ2n) is 8.66. The summed E-state index contributed by atoms with van der Waals surface area (Å²) in [7, 11) is 1.80. The molecule has 6 nitrogen and oxygen atoms in total. The Morgan fingerprint density at radius 2 is 1.87 bits per heavy atom. The summed E-state index contributed by atoms with van der Waals surface area (Å²) in [5.74, 6) is 0.919. The highest BCUT2D eigenvalue weighted by molar-refractivity contribution is 5.79. The van der Waals surface area contributed by atoms with Gasteiger partial charge in [-0.15, -0.1) is 0 Å². The van der Waals surface area contributed by atoms with Crippen LogP contribution in [0.15, 0.2) is 29.3 Å². The average molecular weight is 417 g/mol. The molecule has 1 aromatic carbocycles. The third-order valence-electron chi connectivity index (χ3n) is 6.50. The van der Waals surface area contributed by atoms with E-state index in [0.29, 0.717) is 12.0 Å². The lowest BCUT2D eigenvalue weighted by atomic mass is 9.83. The fourth-order valence-electron chi connectivity index (χ4n) is 4.60. The molecule has 2 N–H and O–H groups in total. The van der Waals surface area contributed by atoms with Crippen LogP contribution in [0.4, 0.5) is 0 Å². The smallest absolute Gasteiger partial charge is 0.191 e. The molecule has 1 aromatic rings. The molecule has 3 rings (SSSR count). The van der Waals surface area contributed by atoms with Gasteiger partial charge in [0.05, 0.1) is 19.8 Å². The molecule has 1 aliphatic carbocycles. The number of rotatable bonds is 10. The summed E-state index contributed by atoms with van der Waals surface area (Å²) in [5.41, 5.74) is 3.02. The average Bonchev–Trinajstić information content (AvgIpc) is 3.25. The van der Waals surface area contributed by atoms with E-state index in [4.69, 9.17) is 14.5 Å². The normalized spacial score (nSPS) is 19.7. The van der Waals surface area contributed by atoms with Gasteiger partial charge < -0.3 is 20.1 Å². The monoisotopic (exact) mass is 416 g/mol. The van der Waals surface area contributed by atoms with Gasteiger partial charge in [-0.2, -0.15) is 0 Å². The fourth-order valence-corrected chi connectivity index (χ4v) is 4.60. The van der Waals surface area contributed by atoms with Crippen molar-refractivity contribution in [3.8, 4) is 0 Å². The number of ether oxygens (including phenoxy) is 2. The Bertz CT molecular complexity index is 652. The van der Waals surface area contributed by atoms with Crippen LogP contribution in [0.2, 0.25) is 0 Å². The highest BCUT2D eigenvalue weighted by atomic mass is 16.5. The molecular formula is C24H40N4O2. The zero-order valence-electron chi connectivity index (χ0n) is 18.9. The van der Waals surface area contributed by atoms with Crippen LogP contribution in [0.1, 0.15) is 50.2 Å². The molecule has 0 unspecified atom stereocenters. The minimum Gasteiger partial charge on any atom is -0.385 e. The number of guanidine groups is 1. The van der Waals surface area contributed by atoms with E-state index in [0.717, 1.165) is 64.9 Å². The van der Waals surface area contributed by atoms with Crippen molar-refractivity contribution in [3.63, 3.8) is 0 Å². The predicted molar refractivity (Wildman–Crippen MR) is 123 cm³/mol. The standard InChI is InChI=1S/C24H40N4O2/c1-3-25-23(27-20-24(12-15-29-2)10-6-7-11-24)26-18-21-8-4-5-9-22(21)19-28-13-16-30-17-14-28/h4-5,8-9H,3,6-7,10-20H2,1-2H3,(H2,25,26,27). The van der Waals surface area contributed by atoms with E-state index >= 15 is 0 Å². The van der Waals surface area contributed by atoms with Gasteiger partial charge in [0, 0.05) is 46.4 Å². The maximum absolute atomic E-state index is 5.49. The molecule has 1 heterocycles. The van der Waals surface area contributed by atoms with E-state index in [2.05, 4.69) is 46.7 Å². The van der Waals surface area contributed by atoms with E-state index < -0.39 is 0 Å². The Morgan fingerprint density at radius 3 is 2.57 bits per heavy atom. The molecule has 30 heavy (non-hydrogen) atoms. The largest absolute Gasteiger partial charge is 0.385 e. The summed E-state index contributed by atoms with van der Waals surface area (Å²) in [5, 5.41) is 7.07. The van der Waals surface area contributed by atoms with Gasteiger partial charge in [-0.3, -0.25) is 4.90 Å². The number of nitrogens with zero attached hydrogens (tertiary/aromatic N) is 2. The van der Waals surface area contributed by atoms with Crippen LogP contribution in [0.5, 0.6) is 0 Å². The molecule has 0 amide bonds. The molecule has 1 saturated heterocycles. The van der Waals surface area contributed by atoms with Crippen molar-refractivity contribution in [1.29, 1.82) is 0 Å². The zero-order valence-corrected chi connectivity index (χ0v) is 18.9. The first-order valence-electron chi connectivity index (χ1n) is 11.6. The predicted octanol–water partition coefficient (Wildman–Crippen LogP) is 3.17. The summed E-state index contributed by atoms with van der Waals surface area (Å²) in [6, 6.07) is 8.69. The van der Waals surface area contributed by atoms with Gasteiger partial charge in [0.15, 0.2) is 5.96 Å². The first-order chi connectivity index (χ1) is 14.7. The van der Waals surface area contributed by atoms with Gasteiger partial charge in [0.25, 0.3) is 0 Å². The molecule has 0 atom stereocenters. The van der Waals surface area contributed by atoms with Crippen LogP contribution >= 0.6 is 0 Å². The van der Waals surface area contributed by atoms with E-state index in [9.17, 15) is 0 Å². The molecule has 2 aliphatic rings. The number of aliphatic imine (C=N–C) groups is 1. The van der Waals surface area contributed by atoms with Crippen LogP contribution in [-0.2, 0) is 22.6 Å². The van der Waals surface area contributed by atoms with Gasteiger partial charge in [-0.05, 0) is 42.7 Å². The third kappa shape index (κ3) is 6.96. The lowest BCUT2D eigenvalue weighted by Crippen LogP contribution is -2.43. The van der Waals surface area contributed by atoms with Crippen LogP contribution < -0.4 is 10.6 Å². The SMILES string of the molecule is CCNC(=NCc1ccccc1CN1CCOCC1)NCC1(CCOC)CCCC1. The lowest BCUT2D eigenvalue weighted by molar-refractivity contribution is 0.0341. The number of morpholine rings is 1. The highest BCUT2D eigenvalue weighted by Crippen LogP contribution is 2.40. The summed E-state index contributed by atoms with van der Waals surface area (Å²) in [4.78, 5) is 7.40. The third-order valence-corrected chi connectivity index (χ3v) is 6.50. The molecule has 1 saturated carbocycles. The molecule has 1 aliphatic heterocycles. The van der Waals surface area contributed by atoms with Crippen molar-refractivity contribution in [2.75, 3.05) is 53.1 Å². The van der Waals surface area contributed by atoms with Gasteiger partial charge in [-0.25, -0.2) is 4.99 Å². The Morgan fingerprint density at radius 1 is 1.13 bits per heavy atom. The minimum absolute atomic E-state index is 0.348. The fraction of sp³-hybridized carbons (Fsp3) is 0.708. The van der Waals surface area contributed by atoms with Crippen LogP contribution in [-0.4, -0.2) is 64.0 Å². The minimum atomic E-state index is 0.348. The van der Waals surface area contributed by atoms with E-state index in [1.54, 1.807) is 7.11 Å². The van der Waals surface area contributed by atoms with E-state index in [1.165, 1.54) is 36.8 Å². The molecule has 6 heteroatoms. The Labute approximate surface area is 182 Å². The summed E-state index contributed by atoms with van der Waals surface area (Å²) in [6.45, 7) is 10.1. The number of hydrogen-bond donors (Lipinski definition) is 2. The van der Waals surface area contributed by atoms with Gasteiger partial charge in [0.1, 0.15) is 0 Å². The number of hydrogen-bond acceptors (Lipinski definition) is 4. The second kappa shape index (κ2) is 12.3. The second-order valence-corrected chi connectivity index (χ2v) is 8.66. The van der Waals surface area contributed by atoms with Crippen molar-refractivity contribution in [2.45, 2.75) is 52.1 Å².